The number of phosphoric acid groups is 1. The van der Waals surface area contributed by atoms with Crippen molar-refractivity contribution in [2.24, 2.45) is 0 Å². The lowest BCUT2D eigenvalue weighted by atomic mass is 9.94. The predicted molar refractivity (Wildman–Crippen MR) is 93.4 cm³/mol. The molecule has 0 bridgehead atoms. The molecule has 19 heavy (non-hydrogen) atoms. The highest BCUT2D eigenvalue weighted by Gasteiger charge is 2.32. The van der Waals surface area contributed by atoms with Crippen molar-refractivity contribution in [3.63, 3.8) is 0 Å². The van der Waals surface area contributed by atoms with Crippen LogP contribution in [0.5, 0.6) is 0 Å². The fourth-order valence-electron chi connectivity index (χ4n) is 1.54. The molecule has 0 saturated heterocycles. The lowest BCUT2D eigenvalue weighted by molar-refractivity contribution is 0.185. The van der Waals surface area contributed by atoms with Gasteiger partial charge >= 0.3 is 7.82 Å². The number of hydrogen-bond acceptors (Lipinski definition) is 2. The number of rotatable bonds is 10. The maximum absolute atomic E-state index is 10.7. The number of halogens is 5. The van der Waals surface area contributed by atoms with E-state index in [2.05, 4.69) is 68.2 Å². The van der Waals surface area contributed by atoms with Crippen molar-refractivity contribution in [2.45, 2.75) is 33.8 Å². The van der Waals surface area contributed by atoms with Crippen LogP contribution in [0.1, 0.15) is 19.3 Å². The minimum absolute atomic E-state index is 0.0716. The van der Waals surface area contributed by atoms with E-state index >= 15 is 0 Å². The monoisotopic (exact) mass is 570 g/mol. The molecule has 0 aliphatic carbocycles. The maximum atomic E-state index is 10.7. The molecule has 0 spiro atoms. The van der Waals surface area contributed by atoms with Crippen LogP contribution in [0.25, 0.3) is 0 Å². The van der Waals surface area contributed by atoms with E-state index in [1.54, 1.807) is 0 Å². The summed E-state index contributed by atoms with van der Waals surface area (Å²) in [5.41, 5.74) is 0. The molecule has 2 N–H and O–H groups in total. The van der Waals surface area contributed by atoms with Gasteiger partial charge in [-0.15, -0.1) is 11.6 Å². The highest BCUT2D eigenvalue weighted by molar-refractivity contribution is 9.12. The Balaban J connectivity index is 4.52. The zero-order chi connectivity index (χ0) is 15.1. The quantitative estimate of drug-likeness (QED) is 0.297. The molecule has 0 amide bonds. The molecule has 0 aromatic carbocycles. The van der Waals surface area contributed by atoms with Gasteiger partial charge in [-0.05, 0) is 19.3 Å². The lowest BCUT2D eigenvalue weighted by Crippen LogP contribution is -2.31. The molecule has 0 aliphatic rings. The molecule has 2 atom stereocenters. The van der Waals surface area contributed by atoms with Crippen molar-refractivity contribution in [1.29, 1.82) is 0 Å². The standard InChI is InChI=1S/C9H16Br4ClO4P/c10-5-7(12)3-9(14,4-8(13)6-11)1-2-18-19(15,16)17/h7-8H,1-6H2,(H2,15,16,17). The summed E-state index contributed by atoms with van der Waals surface area (Å²) in [6, 6.07) is 0. The molecule has 2 unspecified atom stereocenters. The van der Waals surface area contributed by atoms with E-state index < -0.39 is 12.7 Å². The van der Waals surface area contributed by atoms with Crippen molar-refractivity contribution >= 4 is 83.1 Å². The van der Waals surface area contributed by atoms with E-state index in [4.69, 9.17) is 21.4 Å². The molecule has 4 nitrogen and oxygen atoms in total. The van der Waals surface area contributed by atoms with E-state index in [1.165, 1.54) is 0 Å². The van der Waals surface area contributed by atoms with Crippen LogP contribution >= 0.6 is 83.1 Å². The fourth-order valence-corrected chi connectivity index (χ4v) is 4.39. The van der Waals surface area contributed by atoms with E-state index in [0.717, 1.165) is 10.7 Å². The minimum Gasteiger partial charge on any atom is -0.303 e. The predicted octanol–water partition coefficient (Wildman–Crippen LogP) is 4.56. The number of alkyl halides is 5. The summed E-state index contributed by atoms with van der Waals surface area (Å²) >= 11 is 20.3. The SMILES string of the molecule is O=P(O)(O)OCCC(Cl)(CC(Br)CBr)CC(Br)CBr. The molecule has 0 radical (unpaired) electrons. The molecule has 0 rings (SSSR count). The zero-order valence-corrected chi connectivity index (χ0v) is 17.9. The first kappa shape index (κ1) is 21.3. The minimum atomic E-state index is -4.43. The van der Waals surface area contributed by atoms with Crippen molar-refractivity contribution in [3.8, 4) is 0 Å². The second-order valence-electron chi connectivity index (χ2n) is 4.14. The Morgan fingerprint density at radius 1 is 1.16 bits per heavy atom. The van der Waals surface area contributed by atoms with Gasteiger partial charge < -0.3 is 9.79 Å². The average molecular weight is 574 g/mol. The zero-order valence-electron chi connectivity index (χ0n) is 9.95. The Morgan fingerprint density at radius 3 is 1.89 bits per heavy atom. The second-order valence-corrected chi connectivity index (χ2v) is 10.1. The smallest absolute Gasteiger partial charge is 0.303 e. The van der Waals surface area contributed by atoms with Gasteiger partial charge in [0.2, 0.25) is 0 Å². The van der Waals surface area contributed by atoms with Crippen LogP contribution in [0, 0.1) is 0 Å². The molecule has 0 aromatic rings. The maximum Gasteiger partial charge on any atom is 0.469 e. The molecule has 0 aliphatic heterocycles. The second kappa shape index (κ2) is 10.2. The summed E-state index contributed by atoms with van der Waals surface area (Å²) < 4.78 is 15.2. The summed E-state index contributed by atoms with van der Waals surface area (Å²) in [7, 11) is -4.43. The molecule has 0 saturated carbocycles. The van der Waals surface area contributed by atoms with Crippen LogP contribution in [-0.2, 0) is 9.09 Å². The number of phosphoric ester groups is 1. The van der Waals surface area contributed by atoms with Gasteiger partial charge in [0.15, 0.2) is 0 Å². The van der Waals surface area contributed by atoms with Crippen LogP contribution in [0.15, 0.2) is 0 Å². The van der Waals surface area contributed by atoms with Crippen LogP contribution < -0.4 is 0 Å². The van der Waals surface area contributed by atoms with E-state index in [-0.39, 0.29) is 16.3 Å². The summed E-state index contributed by atoms with van der Waals surface area (Å²) in [4.78, 5) is 17.2. The topological polar surface area (TPSA) is 66.8 Å². The van der Waals surface area contributed by atoms with Gasteiger partial charge in [0.1, 0.15) is 0 Å². The largest absolute Gasteiger partial charge is 0.469 e. The van der Waals surface area contributed by atoms with Crippen LogP contribution in [0.3, 0.4) is 0 Å². The molecule has 0 heterocycles. The fraction of sp³-hybridized carbons (Fsp3) is 1.00. The van der Waals surface area contributed by atoms with Gasteiger partial charge in [0, 0.05) is 25.2 Å². The Morgan fingerprint density at radius 2 is 1.58 bits per heavy atom. The molecule has 0 aromatic heterocycles. The Hall–Kier alpha value is 2.32. The third-order valence-corrected chi connectivity index (χ3v) is 7.93. The third-order valence-electron chi connectivity index (χ3n) is 2.32. The molecule has 0 fully saturated rings. The molecular formula is C9H16Br4ClO4P. The van der Waals surface area contributed by atoms with E-state index in [1.807, 2.05) is 0 Å². The van der Waals surface area contributed by atoms with Crippen molar-refractivity contribution in [3.05, 3.63) is 0 Å². The van der Waals surface area contributed by atoms with Gasteiger partial charge in [0.05, 0.1) is 6.61 Å². The van der Waals surface area contributed by atoms with Gasteiger partial charge in [-0.25, -0.2) is 4.57 Å². The molecule has 116 valence electrons. The third kappa shape index (κ3) is 11.5. The summed E-state index contributed by atoms with van der Waals surface area (Å²) in [5, 5.41) is 1.50. The van der Waals surface area contributed by atoms with E-state index in [9.17, 15) is 4.57 Å². The molecule has 10 heteroatoms. The highest BCUT2D eigenvalue weighted by Crippen LogP contribution is 2.40. The van der Waals surface area contributed by atoms with Gasteiger partial charge in [-0.2, -0.15) is 0 Å². The first-order valence-corrected chi connectivity index (χ1v) is 11.4. The van der Waals surface area contributed by atoms with Crippen LogP contribution in [0.2, 0.25) is 0 Å². The lowest BCUT2D eigenvalue weighted by Gasteiger charge is -2.30. The van der Waals surface area contributed by atoms with Crippen LogP contribution in [-0.4, -0.2) is 41.6 Å². The first-order chi connectivity index (χ1) is 8.62. The van der Waals surface area contributed by atoms with Gasteiger partial charge in [-0.3, -0.25) is 4.52 Å². The summed E-state index contributed by atoms with van der Waals surface area (Å²) in [6.45, 7) is -0.0716. The highest BCUT2D eigenvalue weighted by atomic mass is 79.9. The van der Waals surface area contributed by atoms with Crippen molar-refractivity contribution in [2.75, 3.05) is 17.3 Å². The Bertz CT molecular complexity index is 292. The van der Waals surface area contributed by atoms with Gasteiger partial charge in [0.25, 0.3) is 0 Å². The van der Waals surface area contributed by atoms with Crippen molar-refractivity contribution < 1.29 is 18.9 Å². The molecular weight excluding hydrogens is 558 g/mol. The average Bonchev–Trinajstić information content (AvgIpc) is 2.26. The first-order valence-electron chi connectivity index (χ1n) is 5.41. The van der Waals surface area contributed by atoms with Gasteiger partial charge in [-0.1, -0.05) is 63.7 Å². The Labute approximate surface area is 152 Å². The van der Waals surface area contributed by atoms with Crippen molar-refractivity contribution in [1.82, 2.24) is 0 Å². The van der Waals surface area contributed by atoms with E-state index in [0.29, 0.717) is 19.3 Å². The summed E-state index contributed by atoms with van der Waals surface area (Å²) in [5.74, 6) is 0. The van der Waals surface area contributed by atoms with Crippen LogP contribution in [0.4, 0.5) is 0 Å². The number of hydrogen-bond donors (Lipinski definition) is 2. The Kier molecular flexibility index (Phi) is 11.4. The normalized spacial score (nSPS) is 18.9. The summed E-state index contributed by atoms with van der Waals surface area (Å²) in [6.07, 6.45) is 1.70.